The molecule has 0 saturated carbocycles. The van der Waals surface area contributed by atoms with Gasteiger partial charge in [0.15, 0.2) is 16.1 Å². The summed E-state index contributed by atoms with van der Waals surface area (Å²) in [6.07, 6.45) is 0. The normalized spacial score (nSPS) is 13.9. The largest absolute Gasteiger partial charge is 0.458 e. The number of fused-ring (bicyclic) bond motifs is 20. The predicted octanol–water partition coefficient (Wildman–Crippen LogP) is 22.6. The Morgan fingerprint density at radius 2 is 0.524 bits per heavy atom. The van der Waals surface area contributed by atoms with Crippen molar-refractivity contribution in [2.45, 2.75) is 126 Å². The number of rotatable bonds is 11. The van der Waals surface area contributed by atoms with Crippen molar-refractivity contribution in [2.24, 2.45) is 0 Å². The Bertz CT molecular complexity index is 6590. The van der Waals surface area contributed by atoms with E-state index in [0.717, 1.165) is 33.2 Å². The maximum atomic E-state index is 7.03. The number of anilines is 11. The van der Waals surface area contributed by atoms with Gasteiger partial charge in [-0.05, 0) is 235 Å². The number of benzene rings is 16. The fourth-order valence-electron chi connectivity index (χ4n) is 21.3. The summed E-state index contributed by atoms with van der Waals surface area (Å²) in [5.74, 6) is 6.36. The van der Waals surface area contributed by atoms with Crippen LogP contribution >= 0.6 is 15.9 Å². The lowest BCUT2D eigenvalue weighted by Crippen LogP contribution is -2.79. The van der Waals surface area contributed by atoms with Crippen LogP contribution in [0.1, 0.15) is 159 Å². The zero-order chi connectivity index (χ0) is 85.7. The molecular weight excluding hydrogens is 1630 g/mol. The molecule has 11 heteroatoms. The molecular formula is C115H107B2BrN4O2Si2. The predicted molar refractivity (Wildman–Crippen MR) is 549 cm³/mol. The lowest BCUT2D eigenvalue weighted by Gasteiger charge is -2.50. The second kappa shape index (κ2) is 33.7. The molecule has 620 valence electrons. The van der Waals surface area contributed by atoms with E-state index in [4.69, 9.17) is 9.47 Å². The molecule has 16 aromatic rings. The number of ether oxygens (including phenoxy) is 2. The zero-order valence-electron chi connectivity index (χ0n) is 73.3. The summed E-state index contributed by atoms with van der Waals surface area (Å²) < 4.78 is 14.4. The van der Waals surface area contributed by atoms with Gasteiger partial charge in [-0.1, -0.05) is 372 Å². The van der Waals surface area contributed by atoms with E-state index >= 15 is 0 Å². The Balaban J connectivity index is 0.000000136. The highest BCUT2D eigenvalue weighted by Gasteiger charge is 2.56. The number of hydrogen-bond donors (Lipinski definition) is 1. The van der Waals surface area contributed by atoms with E-state index in [2.05, 4.69) is 483 Å². The number of nitrogens with one attached hydrogen (secondary N) is 1. The van der Waals surface area contributed by atoms with E-state index in [-0.39, 0.29) is 20.9 Å². The zero-order valence-corrected chi connectivity index (χ0v) is 76.9. The molecule has 1 N–H and O–H groups in total. The molecule has 0 atom stereocenters. The van der Waals surface area contributed by atoms with Crippen LogP contribution in [0.25, 0.3) is 0 Å². The highest BCUT2D eigenvalue weighted by Crippen LogP contribution is 2.47. The van der Waals surface area contributed by atoms with Crippen molar-refractivity contribution >= 4 is 182 Å². The third-order valence-electron chi connectivity index (χ3n) is 26.9. The molecule has 0 aliphatic carbocycles. The van der Waals surface area contributed by atoms with E-state index in [1.807, 2.05) is 0 Å². The minimum absolute atomic E-state index is 0. The Kier molecular flexibility index (Phi) is 22.2. The molecule has 0 saturated heterocycles. The summed E-state index contributed by atoms with van der Waals surface area (Å²) in [6, 6.07) is 135. The van der Waals surface area contributed by atoms with E-state index in [0.29, 0.717) is 35.5 Å². The van der Waals surface area contributed by atoms with Gasteiger partial charge in [0.2, 0.25) is 0 Å². The fourth-order valence-corrected chi connectivity index (χ4v) is 32.5. The van der Waals surface area contributed by atoms with Gasteiger partial charge in [0.05, 0.1) is 0 Å². The van der Waals surface area contributed by atoms with Crippen molar-refractivity contribution in [3.05, 3.63) is 402 Å². The van der Waals surface area contributed by atoms with Gasteiger partial charge in [-0.25, -0.2) is 0 Å². The number of hydrogen-bond acceptors (Lipinski definition) is 6. The third-order valence-corrected chi connectivity index (χ3v) is 37.3. The van der Waals surface area contributed by atoms with Gasteiger partial charge in [-0.15, -0.1) is 0 Å². The number of para-hydroxylation sites is 12. The van der Waals surface area contributed by atoms with Crippen molar-refractivity contribution in [1.82, 2.24) is 0 Å². The molecule has 0 fully saturated rings. The molecule has 0 radical (unpaired) electrons. The Morgan fingerprint density at radius 1 is 0.254 bits per heavy atom. The first-order valence-corrected chi connectivity index (χ1v) is 49.6. The molecule has 22 rings (SSSR count). The molecule has 0 bridgehead atoms. The average Bonchev–Trinajstić information content (AvgIpc) is 0.686. The molecule has 0 unspecified atom stereocenters. The van der Waals surface area contributed by atoms with Crippen LogP contribution in [0.3, 0.4) is 0 Å². The quantitative estimate of drug-likeness (QED) is 0.130. The fraction of sp³-hybridized carbons (Fsp3) is 0.165. The van der Waals surface area contributed by atoms with Gasteiger partial charge in [0.1, 0.15) is 23.0 Å². The smallest absolute Gasteiger partial charge is 0.251 e. The Hall–Kier alpha value is -12.6. The number of nitrogens with zero attached hydrogens (tertiary/aromatic N) is 3. The first-order chi connectivity index (χ1) is 60.9. The third kappa shape index (κ3) is 13.6. The molecule has 126 heavy (non-hydrogen) atoms. The van der Waals surface area contributed by atoms with Crippen LogP contribution in [0, 0.1) is 0 Å². The summed E-state index contributed by atoms with van der Waals surface area (Å²) in [5, 5.41) is 15.1. The van der Waals surface area contributed by atoms with Gasteiger partial charge in [-0.3, -0.25) is 0 Å². The summed E-state index contributed by atoms with van der Waals surface area (Å²) in [4.78, 5) is 7.42. The van der Waals surface area contributed by atoms with Crippen LogP contribution in [0.15, 0.2) is 368 Å². The van der Waals surface area contributed by atoms with Crippen LogP contribution in [0.2, 0.25) is 0 Å². The van der Waals surface area contributed by atoms with Crippen molar-refractivity contribution in [2.75, 3.05) is 20.0 Å². The van der Waals surface area contributed by atoms with E-state index in [1.165, 1.54) is 165 Å². The van der Waals surface area contributed by atoms with Gasteiger partial charge < -0.3 is 29.5 Å². The minimum Gasteiger partial charge on any atom is -0.458 e. The van der Waals surface area contributed by atoms with Crippen LogP contribution < -0.4 is 104 Å². The highest BCUT2D eigenvalue weighted by molar-refractivity contribution is 9.10. The van der Waals surface area contributed by atoms with Crippen LogP contribution in [-0.4, -0.2) is 29.6 Å². The maximum Gasteiger partial charge on any atom is 0.251 e. The molecule has 6 aliphatic rings. The van der Waals surface area contributed by atoms with Gasteiger partial charge >= 0.3 is 0 Å². The summed E-state index contributed by atoms with van der Waals surface area (Å²) in [6.45, 7) is 28.1. The second-order valence-electron chi connectivity index (χ2n) is 36.2. The van der Waals surface area contributed by atoms with Crippen LogP contribution in [0.4, 0.5) is 62.6 Å². The van der Waals surface area contributed by atoms with Crippen molar-refractivity contribution in [3.8, 4) is 23.0 Å². The first-order valence-electron chi connectivity index (χ1n) is 44.8. The van der Waals surface area contributed by atoms with E-state index in [1.54, 1.807) is 0 Å². The minimum atomic E-state index is -2.89. The lowest BCUT2D eigenvalue weighted by molar-refractivity contribution is 0.487. The molecule has 0 amide bonds. The maximum absolute atomic E-state index is 7.03. The molecule has 2 spiro atoms. The lowest BCUT2D eigenvalue weighted by atomic mass is 9.34. The van der Waals surface area contributed by atoms with E-state index in [9.17, 15) is 0 Å². The van der Waals surface area contributed by atoms with Crippen molar-refractivity contribution in [3.63, 3.8) is 0 Å². The van der Waals surface area contributed by atoms with Crippen molar-refractivity contribution in [1.29, 1.82) is 0 Å². The molecule has 6 heterocycles. The molecule has 6 aliphatic heterocycles. The Labute approximate surface area is 757 Å². The monoisotopic (exact) mass is 1730 g/mol. The average molecular weight is 1730 g/mol. The van der Waals surface area contributed by atoms with E-state index < -0.39 is 16.1 Å². The van der Waals surface area contributed by atoms with Gasteiger partial charge in [-0.2, -0.15) is 0 Å². The van der Waals surface area contributed by atoms with Crippen LogP contribution in [-0.2, 0) is 0 Å². The second-order valence-corrected chi connectivity index (χ2v) is 44.4. The number of halogens is 1. The Morgan fingerprint density at radius 3 is 0.865 bits per heavy atom. The van der Waals surface area contributed by atoms with Crippen molar-refractivity contribution < 1.29 is 9.47 Å². The summed E-state index contributed by atoms with van der Waals surface area (Å²) in [5.41, 5.74) is 29.9. The molecule has 0 aromatic heterocycles. The summed E-state index contributed by atoms with van der Waals surface area (Å²) in [7, 11) is -5.43. The molecule has 16 aromatic carbocycles. The summed E-state index contributed by atoms with van der Waals surface area (Å²) >= 11 is 3.63. The van der Waals surface area contributed by atoms with Gasteiger partial charge in [0, 0.05) is 73.1 Å². The standard InChI is InChI=1S/C57H51BN2OSi.C30H22N2Si.C27H30BBrO.CH4/c1-37(2)40-34-43(38(3)4)57(44(35-40)39(5)6)58-45-22-10-15-27-51(45)61-52-36-42(32-33-46(52)58)60-49-25-13-18-30-55(49)62(56-31-19-14-26-50(56)60)53-28-16-11-23-47(53)59(41-20-8-7-9-21-41)48-24-12-17-29-54(48)62;1-2-12-22(13-3-1)32-25-16-6-10-20-29(25)33(30-21-11-7-17-26(30)32)27-18-8-4-14-23(27)31-24-15-5-9-19-28(24)33;1-16(2)19-13-21(17(3)4)27(22(14-19)18(5)6)28-23-9-7-8-10-25(23)30-26-15-20(29)11-12-24(26)28;/h7-39H,1-6H3;1-21,31H;7-18H,1-6H3;1H4. The molecule has 6 nitrogen and oxygen atoms in total. The first kappa shape index (κ1) is 82.9. The SMILES string of the molecule is C.CC(C)c1cc(C(C)C)c(B2c3ccccc3Oc3cc(Br)ccc32)c(C(C)C)c1.CC(C)c1cc(C(C)C)c(B2c3ccccc3Oc3cc(N4c5ccccc5[Si]5(c6ccccc6N(c6ccccc6)c6ccccc65)c5ccccc54)ccc32)c(C(C)C)c1.c1ccc(N2c3ccccc3[Si]3(c4ccccc4Nc4ccccc43)c3ccccc32)cc1. The van der Waals surface area contributed by atoms with Gasteiger partial charge in [0.25, 0.3) is 13.4 Å². The van der Waals surface area contributed by atoms with Crippen LogP contribution in [0.5, 0.6) is 23.0 Å². The topological polar surface area (TPSA) is 40.2 Å². The highest BCUT2D eigenvalue weighted by atomic mass is 79.9.